The van der Waals surface area contributed by atoms with Crippen molar-refractivity contribution in [3.63, 3.8) is 0 Å². The molecule has 0 radical (unpaired) electrons. The van der Waals surface area contributed by atoms with Crippen LogP contribution in [0.5, 0.6) is 0 Å². The zero-order chi connectivity index (χ0) is 11.5. The highest BCUT2D eigenvalue weighted by atomic mass is 15.0. The van der Waals surface area contributed by atoms with Crippen LogP contribution in [-0.4, -0.2) is 16.0 Å². The summed E-state index contributed by atoms with van der Waals surface area (Å²) in [4.78, 5) is 8.24. The Kier molecular flexibility index (Phi) is 3.36. The van der Waals surface area contributed by atoms with Gasteiger partial charge in [-0.2, -0.15) is 0 Å². The summed E-state index contributed by atoms with van der Waals surface area (Å²) in [7, 11) is 0. The van der Waals surface area contributed by atoms with Crippen LogP contribution in [0.1, 0.15) is 44.2 Å². The maximum Gasteiger partial charge on any atom is 0.115 e. The first-order valence-corrected chi connectivity index (χ1v) is 6.92. The van der Waals surface area contributed by atoms with Crippen molar-refractivity contribution in [3.05, 3.63) is 24.3 Å². The third-order valence-corrected chi connectivity index (χ3v) is 4.48. The quantitative estimate of drug-likeness (QED) is 0.846. The van der Waals surface area contributed by atoms with Crippen molar-refractivity contribution in [1.82, 2.24) is 15.3 Å². The van der Waals surface area contributed by atoms with Crippen LogP contribution in [0.4, 0.5) is 0 Å². The van der Waals surface area contributed by atoms with Crippen molar-refractivity contribution in [3.8, 4) is 0 Å². The van der Waals surface area contributed by atoms with Gasteiger partial charge in [-0.05, 0) is 43.6 Å². The van der Waals surface area contributed by atoms with Crippen molar-refractivity contribution in [2.75, 3.05) is 0 Å². The molecule has 0 saturated heterocycles. The summed E-state index contributed by atoms with van der Waals surface area (Å²) in [5.41, 5.74) is 1.11. The number of aromatic nitrogens is 2. The highest BCUT2D eigenvalue weighted by Crippen LogP contribution is 2.40. The van der Waals surface area contributed by atoms with Gasteiger partial charge in [-0.15, -0.1) is 0 Å². The predicted molar refractivity (Wildman–Crippen MR) is 67.3 cm³/mol. The summed E-state index contributed by atoms with van der Waals surface area (Å²) in [6.07, 6.45) is 12.0. The molecule has 0 spiro atoms. The van der Waals surface area contributed by atoms with Crippen molar-refractivity contribution < 1.29 is 0 Å². The monoisotopic (exact) mass is 231 g/mol. The molecule has 0 aliphatic heterocycles. The van der Waals surface area contributed by atoms with E-state index in [0.29, 0.717) is 0 Å². The second kappa shape index (κ2) is 5.13. The zero-order valence-corrected chi connectivity index (χ0v) is 10.3. The van der Waals surface area contributed by atoms with E-state index >= 15 is 0 Å². The second-order valence-electron chi connectivity index (χ2n) is 5.49. The molecular weight excluding hydrogens is 210 g/mol. The molecule has 0 amide bonds. The van der Waals surface area contributed by atoms with Gasteiger partial charge in [-0.1, -0.05) is 12.8 Å². The van der Waals surface area contributed by atoms with E-state index in [4.69, 9.17) is 0 Å². The van der Waals surface area contributed by atoms with Gasteiger partial charge >= 0.3 is 0 Å². The van der Waals surface area contributed by atoms with Crippen molar-refractivity contribution >= 4 is 0 Å². The molecule has 3 heteroatoms. The molecule has 1 heterocycles. The molecule has 3 rings (SSSR count). The number of nitrogens with zero attached hydrogens (tertiary/aromatic N) is 2. The van der Waals surface area contributed by atoms with Gasteiger partial charge in [-0.3, -0.25) is 0 Å². The standard InChI is InChI=1S/C14H21N3/c1-3-11(4-1)14(12-5-2-6-12)16-9-13-7-8-15-10-17-13/h7-8,10-12,14,16H,1-6,9H2. The number of hydrogen-bond acceptors (Lipinski definition) is 3. The average molecular weight is 231 g/mol. The van der Waals surface area contributed by atoms with Crippen LogP contribution in [0, 0.1) is 11.8 Å². The van der Waals surface area contributed by atoms with E-state index in [1.165, 1.54) is 38.5 Å². The lowest BCUT2D eigenvalue weighted by Gasteiger charge is -2.43. The van der Waals surface area contributed by atoms with E-state index in [0.717, 1.165) is 30.1 Å². The number of hydrogen-bond donors (Lipinski definition) is 1. The van der Waals surface area contributed by atoms with Gasteiger partial charge in [0.05, 0.1) is 5.69 Å². The summed E-state index contributed by atoms with van der Waals surface area (Å²) in [6, 6.07) is 2.75. The molecule has 2 aliphatic rings. The third kappa shape index (κ3) is 2.49. The minimum Gasteiger partial charge on any atom is -0.308 e. The molecule has 92 valence electrons. The summed E-state index contributed by atoms with van der Waals surface area (Å²) in [5, 5.41) is 3.75. The normalized spacial score (nSPS) is 21.2. The maximum atomic E-state index is 4.28. The van der Waals surface area contributed by atoms with Crippen molar-refractivity contribution in [2.45, 2.75) is 51.1 Å². The number of rotatable bonds is 5. The highest BCUT2D eigenvalue weighted by molar-refractivity contribution is 4.99. The smallest absolute Gasteiger partial charge is 0.115 e. The third-order valence-electron chi connectivity index (χ3n) is 4.48. The molecular formula is C14H21N3. The van der Waals surface area contributed by atoms with Gasteiger partial charge in [0.15, 0.2) is 0 Å². The zero-order valence-electron chi connectivity index (χ0n) is 10.3. The Morgan fingerprint density at radius 2 is 1.88 bits per heavy atom. The minimum atomic E-state index is 0.743. The van der Waals surface area contributed by atoms with Crippen LogP contribution >= 0.6 is 0 Å². The molecule has 3 nitrogen and oxygen atoms in total. The molecule has 1 aromatic rings. The molecule has 0 bridgehead atoms. The highest BCUT2D eigenvalue weighted by Gasteiger charge is 2.35. The van der Waals surface area contributed by atoms with Gasteiger partial charge in [-0.25, -0.2) is 9.97 Å². The minimum absolute atomic E-state index is 0.743. The Bertz CT molecular complexity index is 330. The topological polar surface area (TPSA) is 37.8 Å². The first kappa shape index (κ1) is 11.1. The van der Waals surface area contributed by atoms with E-state index in [-0.39, 0.29) is 0 Å². The van der Waals surface area contributed by atoms with Crippen LogP contribution in [0.15, 0.2) is 18.6 Å². The Morgan fingerprint density at radius 1 is 1.18 bits per heavy atom. The molecule has 2 saturated carbocycles. The first-order valence-electron chi connectivity index (χ1n) is 6.92. The summed E-state index contributed by atoms with van der Waals surface area (Å²) >= 11 is 0. The molecule has 1 N–H and O–H groups in total. The summed E-state index contributed by atoms with van der Waals surface area (Å²) in [5.74, 6) is 1.87. The maximum absolute atomic E-state index is 4.28. The Hall–Kier alpha value is -0.960. The van der Waals surface area contributed by atoms with E-state index in [9.17, 15) is 0 Å². The van der Waals surface area contributed by atoms with E-state index < -0.39 is 0 Å². The summed E-state index contributed by atoms with van der Waals surface area (Å²) in [6.45, 7) is 0.903. The van der Waals surface area contributed by atoms with Gasteiger partial charge in [0, 0.05) is 18.8 Å². The second-order valence-corrected chi connectivity index (χ2v) is 5.49. The largest absolute Gasteiger partial charge is 0.308 e. The molecule has 0 unspecified atom stereocenters. The van der Waals surface area contributed by atoms with E-state index in [2.05, 4.69) is 15.3 Å². The lowest BCUT2D eigenvalue weighted by molar-refractivity contribution is 0.122. The average Bonchev–Trinajstić information content (AvgIpc) is 2.22. The Labute approximate surface area is 103 Å². The van der Waals surface area contributed by atoms with Crippen LogP contribution < -0.4 is 5.32 Å². The summed E-state index contributed by atoms with van der Waals surface area (Å²) < 4.78 is 0. The van der Waals surface area contributed by atoms with Gasteiger partial charge in [0.1, 0.15) is 6.33 Å². The first-order chi connectivity index (χ1) is 8.43. The Morgan fingerprint density at radius 3 is 2.35 bits per heavy atom. The fourth-order valence-electron chi connectivity index (χ4n) is 2.96. The van der Waals surface area contributed by atoms with Crippen LogP contribution in [-0.2, 0) is 6.54 Å². The predicted octanol–water partition coefficient (Wildman–Crippen LogP) is 2.54. The molecule has 0 aromatic carbocycles. The van der Waals surface area contributed by atoms with E-state index in [1.807, 2.05) is 12.3 Å². The molecule has 2 fully saturated rings. The SMILES string of the molecule is c1cc(CNC(C2CCC2)C2CCC2)ncn1. The lowest BCUT2D eigenvalue weighted by atomic mass is 9.68. The molecule has 0 atom stereocenters. The Balaban J connectivity index is 1.56. The van der Waals surface area contributed by atoms with Crippen LogP contribution in [0.3, 0.4) is 0 Å². The van der Waals surface area contributed by atoms with Gasteiger partial charge in [0.2, 0.25) is 0 Å². The molecule has 2 aliphatic carbocycles. The van der Waals surface area contributed by atoms with Crippen molar-refractivity contribution in [2.24, 2.45) is 11.8 Å². The van der Waals surface area contributed by atoms with E-state index in [1.54, 1.807) is 6.33 Å². The van der Waals surface area contributed by atoms with Crippen LogP contribution in [0.2, 0.25) is 0 Å². The van der Waals surface area contributed by atoms with Crippen LogP contribution in [0.25, 0.3) is 0 Å². The van der Waals surface area contributed by atoms with Gasteiger partial charge in [0.25, 0.3) is 0 Å². The molecule has 17 heavy (non-hydrogen) atoms. The number of nitrogens with one attached hydrogen (secondary N) is 1. The van der Waals surface area contributed by atoms with Crippen molar-refractivity contribution in [1.29, 1.82) is 0 Å². The fraction of sp³-hybridized carbons (Fsp3) is 0.714. The molecule has 1 aromatic heterocycles. The van der Waals surface area contributed by atoms with Gasteiger partial charge < -0.3 is 5.32 Å². The fourth-order valence-corrected chi connectivity index (χ4v) is 2.96. The lowest BCUT2D eigenvalue weighted by Crippen LogP contribution is -2.46.